The average Bonchev–Trinajstić information content (AvgIpc) is 3.14. The van der Waals surface area contributed by atoms with Crippen molar-refractivity contribution in [2.45, 2.75) is 44.4 Å². The van der Waals surface area contributed by atoms with Crippen LogP contribution in [0.3, 0.4) is 0 Å². The Bertz CT molecular complexity index is 623. The van der Waals surface area contributed by atoms with Crippen LogP contribution in [-0.4, -0.2) is 71.1 Å². The lowest BCUT2D eigenvalue weighted by Crippen LogP contribution is -2.45. The summed E-state index contributed by atoms with van der Waals surface area (Å²) in [6, 6.07) is -0.0890. The molecule has 0 saturated carbocycles. The molecule has 7 nitrogen and oxygen atoms in total. The molecule has 0 aromatic rings. The van der Waals surface area contributed by atoms with Crippen LogP contribution in [0.15, 0.2) is 23.3 Å². The van der Waals surface area contributed by atoms with Crippen molar-refractivity contribution in [3.05, 3.63) is 23.3 Å². The van der Waals surface area contributed by atoms with Gasteiger partial charge in [-0.05, 0) is 37.3 Å². The standard InChI is InChI=1S/C18H25NO6/c1-11-9-12(5-8-20)16(21)25-14-4-7-19-6-3-13(15(14)19)10-24-17(22)18(11,2)23/h3,5,11,14-15,20,23H,4,6-10H2,1-2H3/b12-5+/t11-,14?,15-,18-/m0/s1. The summed E-state index contributed by atoms with van der Waals surface area (Å²) in [7, 11) is 0. The molecule has 0 aromatic heterocycles. The van der Waals surface area contributed by atoms with Crippen LogP contribution in [0.1, 0.15) is 26.7 Å². The molecule has 2 saturated heterocycles. The van der Waals surface area contributed by atoms with E-state index in [0.717, 1.165) is 25.1 Å². The fraction of sp³-hybridized carbons (Fsp3) is 0.667. The van der Waals surface area contributed by atoms with Gasteiger partial charge in [0.2, 0.25) is 0 Å². The highest BCUT2D eigenvalue weighted by atomic mass is 16.6. The van der Waals surface area contributed by atoms with Gasteiger partial charge in [0.1, 0.15) is 12.7 Å². The lowest BCUT2D eigenvalue weighted by Gasteiger charge is -2.31. The molecule has 3 rings (SSSR count). The average molecular weight is 351 g/mol. The molecule has 0 spiro atoms. The van der Waals surface area contributed by atoms with Crippen molar-refractivity contribution in [1.82, 2.24) is 4.90 Å². The van der Waals surface area contributed by atoms with E-state index in [2.05, 4.69) is 4.90 Å². The van der Waals surface area contributed by atoms with Crippen LogP contribution in [0, 0.1) is 5.92 Å². The number of cyclic esters (lactones) is 1. The summed E-state index contributed by atoms with van der Waals surface area (Å²) in [5.74, 6) is -1.77. The third-order valence-corrected chi connectivity index (χ3v) is 5.54. The Balaban J connectivity index is 1.92. The van der Waals surface area contributed by atoms with Crippen LogP contribution in [0.4, 0.5) is 0 Å². The maximum Gasteiger partial charge on any atom is 0.338 e. The smallest absolute Gasteiger partial charge is 0.338 e. The van der Waals surface area contributed by atoms with E-state index in [1.165, 1.54) is 13.0 Å². The van der Waals surface area contributed by atoms with Crippen molar-refractivity contribution >= 4 is 11.9 Å². The maximum atomic E-state index is 12.6. The molecular weight excluding hydrogens is 326 g/mol. The Hall–Kier alpha value is -1.70. The van der Waals surface area contributed by atoms with Crippen molar-refractivity contribution in [2.75, 3.05) is 26.3 Å². The first-order valence-electron chi connectivity index (χ1n) is 8.68. The number of rotatable bonds is 1. The minimum atomic E-state index is -1.73. The number of carbonyl (C=O) groups is 2. The van der Waals surface area contributed by atoms with Gasteiger partial charge in [0.25, 0.3) is 0 Å². The van der Waals surface area contributed by atoms with Gasteiger partial charge in [0.05, 0.1) is 12.6 Å². The van der Waals surface area contributed by atoms with Gasteiger partial charge < -0.3 is 19.7 Å². The van der Waals surface area contributed by atoms with Gasteiger partial charge in [-0.3, -0.25) is 4.90 Å². The highest BCUT2D eigenvalue weighted by Crippen LogP contribution is 2.34. The highest BCUT2D eigenvalue weighted by molar-refractivity contribution is 5.89. The predicted octanol–water partition coefficient (Wildman–Crippen LogP) is 0.165. The summed E-state index contributed by atoms with van der Waals surface area (Å²) in [6.07, 6.45) is 3.92. The van der Waals surface area contributed by atoms with Crippen molar-refractivity contribution in [2.24, 2.45) is 5.92 Å². The van der Waals surface area contributed by atoms with E-state index in [0.29, 0.717) is 0 Å². The summed E-state index contributed by atoms with van der Waals surface area (Å²) >= 11 is 0. The van der Waals surface area contributed by atoms with Crippen molar-refractivity contribution in [3.8, 4) is 0 Å². The van der Waals surface area contributed by atoms with E-state index in [4.69, 9.17) is 9.47 Å². The fourth-order valence-corrected chi connectivity index (χ4v) is 3.72. The summed E-state index contributed by atoms with van der Waals surface area (Å²) in [5.41, 5.74) is -0.562. The molecule has 4 atom stereocenters. The molecule has 0 radical (unpaired) electrons. The molecule has 138 valence electrons. The lowest BCUT2D eigenvalue weighted by atomic mass is 9.85. The summed E-state index contributed by atoms with van der Waals surface area (Å²) in [4.78, 5) is 27.2. The minimum Gasteiger partial charge on any atom is -0.459 e. The Labute approximate surface area is 146 Å². The van der Waals surface area contributed by atoms with Crippen LogP contribution < -0.4 is 0 Å². The Morgan fingerprint density at radius 1 is 1.44 bits per heavy atom. The second-order valence-corrected chi connectivity index (χ2v) is 7.19. The summed E-state index contributed by atoms with van der Waals surface area (Å²) in [5, 5.41) is 19.8. The molecule has 3 heterocycles. The number of carbonyl (C=O) groups excluding carboxylic acids is 2. The Morgan fingerprint density at radius 2 is 2.20 bits per heavy atom. The number of nitrogens with zero attached hydrogens (tertiary/aromatic N) is 1. The van der Waals surface area contributed by atoms with Gasteiger partial charge in [-0.2, -0.15) is 0 Å². The van der Waals surface area contributed by atoms with Crippen LogP contribution in [0.25, 0.3) is 0 Å². The fourth-order valence-electron chi connectivity index (χ4n) is 3.72. The van der Waals surface area contributed by atoms with E-state index in [1.54, 1.807) is 6.92 Å². The number of ether oxygens (including phenoxy) is 2. The molecule has 25 heavy (non-hydrogen) atoms. The summed E-state index contributed by atoms with van der Waals surface area (Å²) in [6.45, 7) is 4.38. The zero-order valence-corrected chi connectivity index (χ0v) is 14.6. The van der Waals surface area contributed by atoms with Gasteiger partial charge in [-0.25, -0.2) is 9.59 Å². The van der Waals surface area contributed by atoms with Crippen LogP contribution in [-0.2, 0) is 19.1 Å². The van der Waals surface area contributed by atoms with E-state index in [9.17, 15) is 19.8 Å². The van der Waals surface area contributed by atoms with Crippen molar-refractivity contribution in [1.29, 1.82) is 0 Å². The zero-order valence-electron chi connectivity index (χ0n) is 14.6. The van der Waals surface area contributed by atoms with Crippen LogP contribution in [0.2, 0.25) is 0 Å². The largest absolute Gasteiger partial charge is 0.459 e. The molecule has 2 N–H and O–H groups in total. The van der Waals surface area contributed by atoms with Gasteiger partial charge in [0.15, 0.2) is 5.60 Å². The number of aliphatic hydroxyl groups excluding tert-OH is 1. The second-order valence-electron chi connectivity index (χ2n) is 7.19. The van der Waals surface area contributed by atoms with E-state index < -0.39 is 23.5 Å². The number of hydrogen-bond acceptors (Lipinski definition) is 7. The minimum absolute atomic E-state index is 0.0890. The van der Waals surface area contributed by atoms with E-state index in [-0.39, 0.29) is 37.4 Å². The van der Waals surface area contributed by atoms with Crippen molar-refractivity contribution in [3.63, 3.8) is 0 Å². The van der Waals surface area contributed by atoms with Crippen molar-refractivity contribution < 1.29 is 29.3 Å². The van der Waals surface area contributed by atoms with Gasteiger partial charge >= 0.3 is 11.9 Å². The van der Waals surface area contributed by atoms with Crippen LogP contribution >= 0.6 is 0 Å². The lowest BCUT2D eigenvalue weighted by molar-refractivity contribution is -0.169. The highest BCUT2D eigenvalue weighted by Gasteiger charge is 2.45. The predicted molar refractivity (Wildman–Crippen MR) is 88.5 cm³/mol. The first kappa shape index (κ1) is 18.1. The van der Waals surface area contributed by atoms with Crippen LogP contribution in [0.5, 0.6) is 0 Å². The SMILES string of the molecule is C[C@H]1C/C(=C\CO)C(=O)OC2CCN3CC=C(COC(=O)[C@@]1(C)O)[C@@H]23. The molecule has 3 aliphatic rings. The molecule has 7 heteroatoms. The molecule has 0 aliphatic carbocycles. The van der Waals surface area contributed by atoms with E-state index >= 15 is 0 Å². The van der Waals surface area contributed by atoms with Gasteiger partial charge in [-0.1, -0.05) is 13.0 Å². The maximum absolute atomic E-state index is 12.6. The Kier molecular flexibility index (Phi) is 4.99. The van der Waals surface area contributed by atoms with Gasteiger partial charge in [-0.15, -0.1) is 0 Å². The quantitative estimate of drug-likeness (QED) is 0.395. The number of aliphatic hydroxyl groups is 2. The third-order valence-electron chi connectivity index (χ3n) is 5.54. The molecule has 1 unspecified atom stereocenters. The molecule has 2 fully saturated rings. The summed E-state index contributed by atoms with van der Waals surface area (Å²) < 4.78 is 11.1. The van der Waals surface area contributed by atoms with E-state index in [1.807, 2.05) is 6.08 Å². The first-order chi connectivity index (χ1) is 11.8. The van der Waals surface area contributed by atoms with Gasteiger partial charge in [0, 0.05) is 18.7 Å². The molecule has 0 amide bonds. The topological polar surface area (TPSA) is 96.3 Å². The molecule has 0 aromatic carbocycles. The zero-order chi connectivity index (χ0) is 18.2. The first-order valence-corrected chi connectivity index (χ1v) is 8.68. The third kappa shape index (κ3) is 3.36. The molecule has 0 bridgehead atoms. The number of hydrogen-bond donors (Lipinski definition) is 2. The number of esters is 2. The Morgan fingerprint density at radius 3 is 2.92 bits per heavy atom. The molecule has 3 aliphatic heterocycles. The second kappa shape index (κ2) is 6.90. The monoisotopic (exact) mass is 351 g/mol. The molecular formula is C18H25NO6. The normalized spacial score (nSPS) is 38.5.